The first-order valence-electron chi connectivity index (χ1n) is 6.47. The second-order valence-corrected chi connectivity index (χ2v) is 4.70. The van der Waals surface area contributed by atoms with E-state index in [4.69, 9.17) is 5.26 Å². The molecule has 0 aliphatic rings. The second kappa shape index (κ2) is 7.95. The molecule has 0 heterocycles. The van der Waals surface area contributed by atoms with Gasteiger partial charge in [-0.1, -0.05) is 12.1 Å². The van der Waals surface area contributed by atoms with Crippen molar-refractivity contribution in [2.45, 2.75) is 12.8 Å². The zero-order valence-corrected chi connectivity index (χ0v) is 11.9. The molecule has 0 bridgehead atoms. The highest BCUT2D eigenvalue weighted by Crippen LogP contribution is 2.07. The standard InChI is InChI=1S/C15H19N3O2/c1-17(2)15(20)18(10-11-19)9-3-4-13-5-7-14(12-16)8-6-13/h5-8,11H,3-4,9-10H2,1-2H3. The minimum absolute atomic E-state index is 0.115. The Balaban J connectivity index is 2.49. The average Bonchev–Trinajstić information content (AvgIpc) is 2.46. The Labute approximate surface area is 119 Å². The number of aldehydes is 1. The maximum Gasteiger partial charge on any atom is 0.319 e. The van der Waals surface area contributed by atoms with Crippen molar-refractivity contribution in [2.75, 3.05) is 27.2 Å². The summed E-state index contributed by atoms with van der Waals surface area (Å²) in [6.07, 6.45) is 2.32. The van der Waals surface area contributed by atoms with Gasteiger partial charge < -0.3 is 14.6 Å². The highest BCUT2D eigenvalue weighted by atomic mass is 16.2. The van der Waals surface area contributed by atoms with Gasteiger partial charge in [0.15, 0.2) is 0 Å². The van der Waals surface area contributed by atoms with Crippen LogP contribution in [0.15, 0.2) is 24.3 Å². The Morgan fingerprint density at radius 3 is 2.45 bits per heavy atom. The zero-order valence-electron chi connectivity index (χ0n) is 11.9. The smallest absolute Gasteiger partial charge is 0.319 e. The van der Waals surface area contributed by atoms with E-state index in [1.807, 2.05) is 12.1 Å². The predicted octanol–water partition coefficient (Wildman–Crippen LogP) is 1.67. The fourth-order valence-corrected chi connectivity index (χ4v) is 1.86. The summed E-state index contributed by atoms with van der Waals surface area (Å²) in [5.41, 5.74) is 1.76. The van der Waals surface area contributed by atoms with Gasteiger partial charge in [-0.05, 0) is 30.5 Å². The van der Waals surface area contributed by atoms with Crippen molar-refractivity contribution >= 4 is 12.3 Å². The summed E-state index contributed by atoms with van der Waals surface area (Å²) in [7, 11) is 3.33. The fourth-order valence-electron chi connectivity index (χ4n) is 1.86. The van der Waals surface area contributed by atoms with Gasteiger partial charge in [-0.15, -0.1) is 0 Å². The molecule has 1 rings (SSSR count). The molecule has 5 nitrogen and oxygen atoms in total. The predicted molar refractivity (Wildman–Crippen MR) is 76.2 cm³/mol. The van der Waals surface area contributed by atoms with Crippen LogP contribution in [0.3, 0.4) is 0 Å². The molecule has 1 aromatic rings. The lowest BCUT2D eigenvalue weighted by Gasteiger charge is -2.24. The summed E-state index contributed by atoms with van der Waals surface area (Å²) in [6, 6.07) is 9.31. The maximum atomic E-state index is 11.8. The van der Waals surface area contributed by atoms with Crippen LogP contribution in [0.1, 0.15) is 17.5 Å². The summed E-state index contributed by atoms with van der Waals surface area (Å²) < 4.78 is 0. The summed E-state index contributed by atoms with van der Waals surface area (Å²) in [5.74, 6) is 0. The highest BCUT2D eigenvalue weighted by Gasteiger charge is 2.14. The molecule has 0 aliphatic carbocycles. The van der Waals surface area contributed by atoms with E-state index in [1.54, 1.807) is 26.2 Å². The van der Waals surface area contributed by atoms with Crippen LogP contribution < -0.4 is 0 Å². The Morgan fingerprint density at radius 2 is 1.95 bits per heavy atom. The van der Waals surface area contributed by atoms with Crippen molar-refractivity contribution in [3.63, 3.8) is 0 Å². The van der Waals surface area contributed by atoms with Crippen molar-refractivity contribution in [3.05, 3.63) is 35.4 Å². The maximum absolute atomic E-state index is 11.8. The van der Waals surface area contributed by atoms with E-state index in [0.717, 1.165) is 24.7 Å². The molecular formula is C15H19N3O2. The van der Waals surface area contributed by atoms with Crippen LogP contribution in [0.2, 0.25) is 0 Å². The number of aryl methyl sites for hydroxylation is 1. The molecule has 0 fully saturated rings. The van der Waals surface area contributed by atoms with Gasteiger partial charge in [-0.3, -0.25) is 0 Å². The van der Waals surface area contributed by atoms with Crippen LogP contribution in [-0.4, -0.2) is 49.3 Å². The summed E-state index contributed by atoms with van der Waals surface area (Å²) in [6.45, 7) is 0.653. The summed E-state index contributed by atoms with van der Waals surface area (Å²) in [5, 5.41) is 8.72. The number of hydrogen-bond donors (Lipinski definition) is 0. The number of urea groups is 1. The molecule has 0 aliphatic heterocycles. The van der Waals surface area contributed by atoms with E-state index in [-0.39, 0.29) is 12.6 Å². The largest absolute Gasteiger partial charge is 0.331 e. The number of nitrogens with zero attached hydrogens (tertiary/aromatic N) is 3. The van der Waals surface area contributed by atoms with Gasteiger partial charge in [0.25, 0.3) is 0 Å². The topological polar surface area (TPSA) is 64.4 Å². The normalized spacial score (nSPS) is 9.65. The second-order valence-electron chi connectivity index (χ2n) is 4.70. The van der Waals surface area contributed by atoms with Crippen LogP contribution in [0.25, 0.3) is 0 Å². The SMILES string of the molecule is CN(C)C(=O)N(CC=O)CCCc1ccc(C#N)cc1. The number of rotatable bonds is 6. The molecule has 0 saturated heterocycles. The number of nitriles is 1. The number of carbonyl (C=O) groups excluding carboxylic acids is 2. The number of carbonyl (C=O) groups is 2. The molecule has 20 heavy (non-hydrogen) atoms. The van der Waals surface area contributed by atoms with E-state index in [0.29, 0.717) is 12.1 Å². The third kappa shape index (κ3) is 4.73. The molecule has 5 heteroatoms. The van der Waals surface area contributed by atoms with Crippen molar-refractivity contribution in [1.29, 1.82) is 5.26 Å². The van der Waals surface area contributed by atoms with Crippen LogP contribution in [-0.2, 0) is 11.2 Å². The molecular weight excluding hydrogens is 254 g/mol. The molecule has 1 aromatic carbocycles. The minimum atomic E-state index is -0.156. The first-order chi connectivity index (χ1) is 9.58. The van der Waals surface area contributed by atoms with E-state index in [2.05, 4.69) is 6.07 Å². The first-order valence-corrected chi connectivity index (χ1v) is 6.47. The van der Waals surface area contributed by atoms with Crippen molar-refractivity contribution in [2.24, 2.45) is 0 Å². The Bertz CT molecular complexity index is 489. The zero-order chi connectivity index (χ0) is 15.0. The third-order valence-electron chi connectivity index (χ3n) is 2.92. The average molecular weight is 273 g/mol. The van der Waals surface area contributed by atoms with Crippen LogP contribution in [0.5, 0.6) is 0 Å². The Morgan fingerprint density at radius 1 is 1.30 bits per heavy atom. The lowest BCUT2D eigenvalue weighted by molar-refractivity contribution is -0.108. The van der Waals surface area contributed by atoms with E-state index < -0.39 is 0 Å². The quantitative estimate of drug-likeness (QED) is 0.741. The molecule has 0 N–H and O–H groups in total. The van der Waals surface area contributed by atoms with Crippen molar-refractivity contribution in [1.82, 2.24) is 9.80 Å². The van der Waals surface area contributed by atoms with Crippen molar-refractivity contribution in [3.8, 4) is 6.07 Å². The Hall–Kier alpha value is -2.35. The fraction of sp³-hybridized carbons (Fsp3) is 0.400. The molecule has 0 saturated carbocycles. The summed E-state index contributed by atoms with van der Waals surface area (Å²) >= 11 is 0. The van der Waals surface area contributed by atoms with Gasteiger partial charge in [0.1, 0.15) is 6.29 Å². The molecule has 0 radical (unpaired) electrons. The van der Waals surface area contributed by atoms with Gasteiger partial charge in [-0.25, -0.2) is 4.79 Å². The molecule has 0 aromatic heterocycles. The minimum Gasteiger partial charge on any atom is -0.331 e. The van der Waals surface area contributed by atoms with Gasteiger partial charge in [0, 0.05) is 20.6 Å². The lowest BCUT2D eigenvalue weighted by atomic mass is 10.1. The molecule has 0 unspecified atom stereocenters. The third-order valence-corrected chi connectivity index (χ3v) is 2.92. The van der Waals surface area contributed by atoms with E-state index in [9.17, 15) is 9.59 Å². The molecule has 0 atom stereocenters. The van der Waals surface area contributed by atoms with E-state index in [1.165, 1.54) is 9.80 Å². The van der Waals surface area contributed by atoms with Crippen LogP contribution >= 0.6 is 0 Å². The molecule has 0 spiro atoms. The van der Waals surface area contributed by atoms with Gasteiger partial charge >= 0.3 is 6.03 Å². The number of hydrogen-bond acceptors (Lipinski definition) is 3. The lowest BCUT2D eigenvalue weighted by Crippen LogP contribution is -2.40. The van der Waals surface area contributed by atoms with Gasteiger partial charge in [0.2, 0.25) is 0 Å². The van der Waals surface area contributed by atoms with Gasteiger partial charge in [-0.2, -0.15) is 5.26 Å². The molecule has 2 amide bonds. The van der Waals surface area contributed by atoms with Gasteiger partial charge in [0.05, 0.1) is 18.2 Å². The number of amides is 2. The molecule has 106 valence electrons. The first kappa shape index (κ1) is 15.7. The van der Waals surface area contributed by atoms with E-state index >= 15 is 0 Å². The number of benzene rings is 1. The van der Waals surface area contributed by atoms with Crippen LogP contribution in [0, 0.1) is 11.3 Å². The van der Waals surface area contributed by atoms with Crippen molar-refractivity contribution < 1.29 is 9.59 Å². The highest BCUT2D eigenvalue weighted by molar-refractivity contribution is 5.76. The van der Waals surface area contributed by atoms with Crippen LogP contribution in [0.4, 0.5) is 4.79 Å². The monoisotopic (exact) mass is 273 g/mol. The Kier molecular flexibility index (Phi) is 6.24. The summed E-state index contributed by atoms with van der Waals surface area (Å²) in [4.78, 5) is 25.4.